The van der Waals surface area contributed by atoms with Gasteiger partial charge in [-0.05, 0) is 0 Å². The van der Waals surface area contributed by atoms with Gasteiger partial charge in [0.2, 0.25) is 6.86 Å². The molecule has 0 aliphatic heterocycles. The number of phosphoric acid groups is 1. The molecule has 72 valence electrons. The Morgan fingerprint density at radius 2 is 2.23 bits per heavy atom. The number of unbranched alkanes of at least 4 members (excludes halogenated alkanes) is 1. The van der Waals surface area contributed by atoms with Crippen molar-refractivity contribution < 1.29 is 22.9 Å². The molecule has 1 N–H and O–H groups in total. The fourth-order valence-corrected chi connectivity index (χ4v) is 0.720. The van der Waals surface area contributed by atoms with Crippen LogP contribution < -0.4 is 0 Å². The Balaban J connectivity index is 3.78. The largest absolute Gasteiger partial charge is 0.538 e. The number of hydrogen-bond donors (Lipinski definition) is 1. The Bertz CT molecular complexity index is 285. The molecule has 1 unspecified atom stereocenters. The van der Waals surface area contributed by atoms with E-state index in [1.807, 2.05) is 6.11 Å². The smallest absolute Gasteiger partial charge is 0.350 e. The first-order chi connectivity index (χ1) is 6.12. The minimum Gasteiger partial charge on any atom is -0.350 e. The number of rotatable bonds is 4. The molecule has 0 saturated heterocycles. The molecule has 1 atom stereocenters. The van der Waals surface area contributed by atoms with Crippen molar-refractivity contribution in [2.24, 2.45) is 0 Å². The van der Waals surface area contributed by atoms with E-state index in [2.05, 4.69) is 20.9 Å². The highest BCUT2D eigenvalue weighted by molar-refractivity contribution is 7.47. The van der Waals surface area contributed by atoms with Crippen molar-refractivity contribution in [3.8, 4) is 24.4 Å². The first kappa shape index (κ1) is 12.0. The molecule has 0 aromatic heterocycles. The molecule has 0 saturated carbocycles. The second-order valence-corrected chi connectivity index (χ2v) is 3.16. The van der Waals surface area contributed by atoms with Crippen LogP contribution >= 0.6 is 7.82 Å². The number of alkyl halides is 1. The number of halogens is 1. The van der Waals surface area contributed by atoms with Gasteiger partial charge in [0, 0.05) is 12.8 Å². The van der Waals surface area contributed by atoms with Gasteiger partial charge in [-0.3, -0.25) is 4.89 Å². The van der Waals surface area contributed by atoms with Crippen LogP contribution in [0.2, 0.25) is 0 Å². The van der Waals surface area contributed by atoms with Crippen LogP contribution in [-0.4, -0.2) is 11.8 Å². The fraction of sp³-hybridized carbons (Fsp3) is 0.429. The van der Waals surface area contributed by atoms with Gasteiger partial charge in [0.05, 0.1) is 0 Å². The van der Waals surface area contributed by atoms with Gasteiger partial charge in [0.25, 0.3) is 0 Å². The lowest BCUT2D eigenvalue weighted by Crippen LogP contribution is -1.88. The average molecular weight is 206 g/mol. The maximum absolute atomic E-state index is 11.4. The third-order valence-corrected chi connectivity index (χ3v) is 1.59. The lowest BCUT2D eigenvalue weighted by molar-refractivity contribution is 0.130. The summed E-state index contributed by atoms with van der Waals surface area (Å²) in [6, 6.07) is 0. The minimum atomic E-state index is -4.34. The van der Waals surface area contributed by atoms with E-state index in [4.69, 9.17) is 11.3 Å². The first-order valence-electron chi connectivity index (χ1n) is 3.25. The third kappa shape index (κ3) is 7.36. The molecule has 0 aliphatic rings. The van der Waals surface area contributed by atoms with Gasteiger partial charge < -0.3 is 4.52 Å². The van der Waals surface area contributed by atoms with Crippen LogP contribution in [0.1, 0.15) is 12.8 Å². The van der Waals surface area contributed by atoms with Gasteiger partial charge in [-0.1, -0.05) is 5.92 Å². The maximum Gasteiger partial charge on any atom is 0.538 e. The quantitative estimate of drug-likeness (QED) is 0.429. The van der Waals surface area contributed by atoms with Crippen molar-refractivity contribution in [3.63, 3.8) is 0 Å². The zero-order valence-electron chi connectivity index (χ0n) is 6.70. The molecule has 0 radical (unpaired) electrons. The maximum atomic E-state index is 11.4. The van der Waals surface area contributed by atoms with E-state index in [9.17, 15) is 8.96 Å². The molecule has 6 heteroatoms. The van der Waals surface area contributed by atoms with Crippen LogP contribution in [0.5, 0.6) is 0 Å². The monoisotopic (exact) mass is 206 g/mol. The van der Waals surface area contributed by atoms with E-state index in [1.165, 1.54) is 0 Å². The number of hydrogen-bond acceptors (Lipinski definition) is 3. The highest BCUT2D eigenvalue weighted by Gasteiger charge is 2.20. The van der Waals surface area contributed by atoms with E-state index in [-0.39, 0.29) is 0 Å². The zero-order valence-corrected chi connectivity index (χ0v) is 7.59. The highest BCUT2D eigenvalue weighted by atomic mass is 31.2. The Kier molecular flexibility index (Phi) is 6.01. The Morgan fingerprint density at radius 1 is 1.54 bits per heavy atom. The molecule has 0 bridgehead atoms. The van der Waals surface area contributed by atoms with E-state index >= 15 is 0 Å². The summed E-state index contributed by atoms with van der Waals surface area (Å²) in [7, 11) is -4.34. The van der Waals surface area contributed by atoms with Gasteiger partial charge in [0.15, 0.2) is 0 Å². The Hall–Kier alpha value is -1.00. The van der Waals surface area contributed by atoms with Crippen LogP contribution in [0.25, 0.3) is 0 Å². The number of phosphoric ester groups is 1. The molecule has 0 aromatic rings. The molecule has 4 nitrogen and oxygen atoms in total. The molecule has 0 amide bonds. The summed E-state index contributed by atoms with van der Waals surface area (Å²) in [5.41, 5.74) is 0. The standard InChI is InChI=1S/C7H8FO4P/c1-2-3-4-5-6-11-13(9,10)12-7-8/h1H,3-4,7H2,(H,9,10). The van der Waals surface area contributed by atoms with Crippen LogP contribution in [0.3, 0.4) is 0 Å². The summed E-state index contributed by atoms with van der Waals surface area (Å²) in [5, 5.41) is 0. The summed E-state index contributed by atoms with van der Waals surface area (Å²) in [5.74, 6) is 4.66. The molecular weight excluding hydrogens is 198 g/mol. The van der Waals surface area contributed by atoms with Gasteiger partial charge in [-0.25, -0.2) is 13.5 Å². The molecule has 0 heterocycles. The summed E-state index contributed by atoms with van der Waals surface area (Å²) in [6.45, 7) is -1.40. The van der Waals surface area contributed by atoms with Gasteiger partial charge in [0.1, 0.15) is 6.11 Å². The molecule has 0 aromatic carbocycles. The van der Waals surface area contributed by atoms with E-state index < -0.39 is 14.7 Å². The minimum absolute atomic E-state index is 0.339. The van der Waals surface area contributed by atoms with E-state index in [0.29, 0.717) is 12.8 Å². The zero-order chi connectivity index (χ0) is 10.2. The Labute approximate surface area is 75.7 Å². The molecule has 0 spiro atoms. The third-order valence-electron chi connectivity index (χ3n) is 0.839. The lowest BCUT2D eigenvalue weighted by Gasteiger charge is -2.03. The highest BCUT2D eigenvalue weighted by Crippen LogP contribution is 2.42. The van der Waals surface area contributed by atoms with Crippen LogP contribution in [0.4, 0.5) is 4.39 Å². The van der Waals surface area contributed by atoms with E-state index in [1.54, 1.807) is 0 Å². The average Bonchev–Trinajstić information content (AvgIpc) is 2.04. The SMILES string of the molecule is C#CCCC#COP(=O)(O)OCF. The summed E-state index contributed by atoms with van der Waals surface area (Å²) in [4.78, 5) is 8.60. The lowest BCUT2D eigenvalue weighted by atomic mass is 10.3. The van der Waals surface area contributed by atoms with Crippen LogP contribution in [0.15, 0.2) is 0 Å². The second kappa shape index (κ2) is 6.51. The molecular formula is C7H8FO4P. The van der Waals surface area contributed by atoms with Crippen LogP contribution in [0, 0.1) is 24.4 Å². The van der Waals surface area contributed by atoms with Crippen LogP contribution in [-0.2, 0) is 13.6 Å². The summed E-state index contributed by atoms with van der Waals surface area (Å²) < 4.78 is 29.7. The molecule has 0 fully saturated rings. The van der Waals surface area contributed by atoms with Crippen molar-refractivity contribution in [1.29, 1.82) is 0 Å². The first-order valence-corrected chi connectivity index (χ1v) is 4.75. The normalized spacial score (nSPS) is 13.3. The fourth-order valence-electron chi connectivity index (χ4n) is 0.364. The summed E-state index contributed by atoms with van der Waals surface area (Å²) >= 11 is 0. The van der Waals surface area contributed by atoms with Gasteiger partial charge in [-0.15, -0.1) is 12.3 Å². The summed E-state index contributed by atoms with van der Waals surface area (Å²) in [6.07, 6.45) is 7.55. The van der Waals surface area contributed by atoms with E-state index in [0.717, 1.165) is 0 Å². The van der Waals surface area contributed by atoms with Crippen molar-refractivity contribution in [2.45, 2.75) is 12.8 Å². The van der Waals surface area contributed by atoms with Crippen molar-refractivity contribution in [1.82, 2.24) is 0 Å². The van der Waals surface area contributed by atoms with Crippen molar-refractivity contribution in [2.75, 3.05) is 6.86 Å². The molecule has 13 heavy (non-hydrogen) atoms. The number of terminal acetylenes is 1. The molecule has 0 rings (SSSR count). The van der Waals surface area contributed by atoms with Gasteiger partial charge >= 0.3 is 7.82 Å². The Morgan fingerprint density at radius 3 is 2.77 bits per heavy atom. The predicted molar refractivity (Wildman–Crippen MR) is 43.8 cm³/mol. The van der Waals surface area contributed by atoms with Crippen molar-refractivity contribution >= 4 is 7.82 Å². The molecule has 0 aliphatic carbocycles. The van der Waals surface area contributed by atoms with Crippen molar-refractivity contribution in [3.05, 3.63) is 0 Å². The topological polar surface area (TPSA) is 55.8 Å². The second-order valence-electron chi connectivity index (χ2n) is 1.78. The van der Waals surface area contributed by atoms with Gasteiger partial charge in [-0.2, -0.15) is 0 Å². The predicted octanol–water partition coefficient (Wildman–Crippen LogP) is 1.42.